The summed E-state index contributed by atoms with van der Waals surface area (Å²) < 4.78 is 15.0. The maximum Gasteiger partial charge on any atom is 0.220 e. The third-order valence-electron chi connectivity index (χ3n) is 3.48. The highest BCUT2D eigenvalue weighted by atomic mass is 32.2. The van der Waals surface area contributed by atoms with Crippen molar-refractivity contribution in [2.45, 2.75) is 17.2 Å². The molecule has 3 rings (SSSR count). The van der Waals surface area contributed by atoms with E-state index in [0.29, 0.717) is 25.1 Å². The first-order valence-corrected chi connectivity index (χ1v) is 9.50. The molecule has 0 aliphatic rings. The van der Waals surface area contributed by atoms with E-state index in [-0.39, 0.29) is 11.7 Å². The average molecular weight is 360 g/mol. The second-order valence-electron chi connectivity index (χ2n) is 5.27. The fraction of sp³-hybridized carbons (Fsp3) is 0.222. The van der Waals surface area contributed by atoms with Gasteiger partial charge in [0.05, 0.1) is 10.2 Å². The van der Waals surface area contributed by atoms with Gasteiger partial charge in [0, 0.05) is 18.7 Å². The van der Waals surface area contributed by atoms with Crippen molar-refractivity contribution in [2.24, 2.45) is 0 Å². The Morgan fingerprint density at radius 3 is 2.75 bits per heavy atom. The van der Waals surface area contributed by atoms with Gasteiger partial charge in [-0.05, 0) is 36.2 Å². The van der Waals surface area contributed by atoms with E-state index in [9.17, 15) is 9.18 Å². The lowest BCUT2D eigenvalue weighted by Gasteiger charge is -2.05. The molecule has 1 aromatic heterocycles. The second-order valence-corrected chi connectivity index (χ2v) is 7.65. The van der Waals surface area contributed by atoms with Crippen LogP contribution in [0.15, 0.2) is 52.9 Å². The van der Waals surface area contributed by atoms with Gasteiger partial charge < -0.3 is 5.32 Å². The Labute approximate surface area is 148 Å². The zero-order valence-corrected chi connectivity index (χ0v) is 14.6. The minimum Gasteiger partial charge on any atom is -0.356 e. The number of carbonyl (C=O) groups is 1. The van der Waals surface area contributed by atoms with E-state index >= 15 is 0 Å². The Morgan fingerprint density at radius 2 is 1.96 bits per heavy atom. The monoisotopic (exact) mass is 360 g/mol. The van der Waals surface area contributed by atoms with Gasteiger partial charge >= 0.3 is 0 Å². The number of halogens is 1. The minimum absolute atomic E-state index is 0.0331. The van der Waals surface area contributed by atoms with Crippen LogP contribution in [0, 0.1) is 5.82 Å². The number of hydrogen-bond donors (Lipinski definition) is 1. The van der Waals surface area contributed by atoms with Gasteiger partial charge in [-0.15, -0.1) is 11.3 Å². The average Bonchev–Trinajstić information content (AvgIpc) is 2.99. The van der Waals surface area contributed by atoms with Crippen LogP contribution in [0.5, 0.6) is 0 Å². The number of fused-ring (bicyclic) bond motifs is 1. The number of amides is 1. The van der Waals surface area contributed by atoms with Crippen LogP contribution in [0.1, 0.15) is 12.0 Å². The van der Waals surface area contributed by atoms with E-state index in [1.807, 2.05) is 18.2 Å². The predicted octanol–water partition coefficient (Wildman–Crippen LogP) is 4.28. The molecule has 0 saturated heterocycles. The molecule has 0 aliphatic carbocycles. The zero-order valence-electron chi connectivity index (χ0n) is 13.0. The molecule has 0 saturated carbocycles. The summed E-state index contributed by atoms with van der Waals surface area (Å²) in [6.45, 7) is 0.566. The van der Waals surface area contributed by atoms with E-state index in [4.69, 9.17) is 0 Å². The van der Waals surface area contributed by atoms with E-state index in [0.717, 1.165) is 15.4 Å². The molecule has 0 radical (unpaired) electrons. The lowest BCUT2D eigenvalue weighted by atomic mass is 10.1. The Kier molecular flexibility index (Phi) is 5.82. The third kappa shape index (κ3) is 4.79. The first-order chi connectivity index (χ1) is 11.7. The van der Waals surface area contributed by atoms with Crippen molar-refractivity contribution >= 4 is 39.2 Å². The van der Waals surface area contributed by atoms with E-state index in [1.165, 1.54) is 16.8 Å². The van der Waals surface area contributed by atoms with Gasteiger partial charge in [-0.3, -0.25) is 4.79 Å². The molecule has 0 aliphatic heterocycles. The van der Waals surface area contributed by atoms with Crippen LogP contribution in [0.2, 0.25) is 0 Å². The quantitative estimate of drug-likeness (QED) is 0.640. The van der Waals surface area contributed by atoms with Crippen molar-refractivity contribution in [3.05, 3.63) is 59.9 Å². The summed E-state index contributed by atoms with van der Waals surface area (Å²) in [5.41, 5.74) is 2.02. The number of nitrogens with one attached hydrogen (secondary N) is 1. The van der Waals surface area contributed by atoms with Crippen molar-refractivity contribution in [3.63, 3.8) is 0 Å². The number of rotatable bonds is 7. The number of thiazole rings is 1. The number of para-hydroxylation sites is 1. The fourth-order valence-electron chi connectivity index (χ4n) is 2.23. The normalized spacial score (nSPS) is 10.9. The van der Waals surface area contributed by atoms with Gasteiger partial charge in [-0.2, -0.15) is 0 Å². The molecule has 24 heavy (non-hydrogen) atoms. The molecule has 2 aromatic carbocycles. The number of carbonyl (C=O) groups excluding carboxylic acids is 1. The van der Waals surface area contributed by atoms with Crippen LogP contribution >= 0.6 is 23.1 Å². The highest BCUT2D eigenvalue weighted by Gasteiger charge is 2.06. The highest BCUT2D eigenvalue weighted by Crippen LogP contribution is 2.29. The van der Waals surface area contributed by atoms with Crippen LogP contribution in [-0.4, -0.2) is 23.2 Å². The fourth-order valence-corrected chi connectivity index (χ4v) is 4.31. The SMILES string of the molecule is O=C(CCSc1nc2ccccc2s1)NCCc1ccc(F)cc1. The molecule has 0 bridgehead atoms. The number of thioether (sulfide) groups is 1. The number of aromatic nitrogens is 1. The maximum atomic E-state index is 12.8. The summed E-state index contributed by atoms with van der Waals surface area (Å²) in [4.78, 5) is 16.4. The topological polar surface area (TPSA) is 42.0 Å². The molecule has 0 spiro atoms. The molecule has 6 heteroatoms. The smallest absolute Gasteiger partial charge is 0.220 e. The number of nitrogens with zero attached hydrogens (tertiary/aromatic N) is 1. The summed E-state index contributed by atoms with van der Waals surface area (Å²) >= 11 is 3.27. The van der Waals surface area contributed by atoms with Gasteiger partial charge in [0.15, 0.2) is 4.34 Å². The second kappa shape index (κ2) is 8.26. The third-order valence-corrected chi connectivity index (χ3v) is 5.66. The first-order valence-electron chi connectivity index (χ1n) is 7.70. The van der Waals surface area contributed by atoms with Crippen LogP contribution in [0.3, 0.4) is 0 Å². The molecule has 0 atom stereocenters. The Morgan fingerprint density at radius 1 is 1.17 bits per heavy atom. The number of benzene rings is 2. The largest absolute Gasteiger partial charge is 0.356 e. The molecule has 124 valence electrons. The van der Waals surface area contributed by atoms with Crippen molar-refractivity contribution in [2.75, 3.05) is 12.3 Å². The standard InChI is InChI=1S/C18H17FN2OS2/c19-14-7-5-13(6-8-14)9-11-20-17(22)10-12-23-18-21-15-3-1-2-4-16(15)24-18/h1-8H,9-12H2,(H,20,22). The van der Waals surface area contributed by atoms with Gasteiger partial charge in [-0.1, -0.05) is 36.0 Å². The van der Waals surface area contributed by atoms with Gasteiger partial charge in [-0.25, -0.2) is 9.37 Å². The Bertz CT molecular complexity index is 784. The van der Waals surface area contributed by atoms with E-state index < -0.39 is 0 Å². The van der Waals surface area contributed by atoms with Crippen LogP contribution in [0.4, 0.5) is 4.39 Å². The molecule has 1 heterocycles. The van der Waals surface area contributed by atoms with Crippen LogP contribution in [0.25, 0.3) is 10.2 Å². The summed E-state index contributed by atoms with van der Waals surface area (Å²) in [5, 5.41) is 2.90. The van der Waals surface area contributed by atoms with Crippen molar-refractivity contribution < 1.29 is 9.18 Å². The van der Waals surface area contributed by atoms with E-state index in [2.05, 4.69) is 16.4 Å². The van der Waals surface area contributed by atoms with Crippen molar-refractivity contribution in [1.82, 2.24) is 10.3 Å². The Balaban J connectivity index is 1.37. The molecule has 0 fully saturated rings. The van der Waals surface area contributed by atoms with Gasteiger partial charge in [0.2, 0.25) is 5.91 Å². The highest BCUT2D eigenvalue weighted by molar-refractivity contribution is 8.01. The molecular formula is C18H17FN2OS2. The van der Waals surface area contributed by atoms with Gasteiger partial charge in [0.1, 0.15) is 5.82 Å². The summed E-state index contributed by atoms with van der Waals surface area (Å²) in [6, 6.07) is 14.4. The number of hydrogen-bond acceptors (Lipinski definition) is 4. The minimum atomic E-state index is -0.241. The van der Waals surface area contributed by atoms with E-state index in [1.54, 1.807) is 35.2 Å². The molecule has 1 N–H and O–H groups in total. The lowest BCUT2D eigenvalue weighted by Crippen LogP contribution is -2.25. The molecular weight excluding hydrogens is 343 g/mol. The lowest BCUT2D eigenvalue weighted by molar-refractivity contribution is -0.120. The zero-order chi connectivity index (χ0) is 16.8. The summed E-state index contributed by atoms with van der Waals surface area (Å²) in [5.74, 6) is 0.503. The summed E-state index contributed by atoms with van der Waals surface area (Å²) in [7, 11) is 0. The van der Waals surface area contributed by atoms with Crippen LogP contribution in [-0.2, 0) is 11.2 Å². The molecule has 0 unspecified atom stereocenters. The Hall–Kier alpha value is -1.92. The van der Waals surface area contributed by atoms with Crippen molar-refractivity contribution in [3.8, 4) is 0 Å². The molecule has 3 aromatic rings. The maximum absolute atomic E-state index is 12.8. The first kappa shape index (κ1) is 16.9. The molecule has 3 nitrogen and oxygen atoms in total. The van der Waals surface area contributed by atoms with Crippen LogP contribution < -0.4 is 5.32 Å². The van der Waals surface area contributed by atoms with Gasteiger partial charge in [0.25, 0.3) is 0 Å². The predicted molar refractivity (Wildman–Crippen MR) is 98.1 cm³/mol. The summed E-state index contributed by atoms with van der Waals surface area (Å²) in [6.07, 6.45) is 1.17. The molecule has 1 amide bonds. The van der Waals surface area contributed by atoms with Crippen molar-refractivity contribution in [1.29, 1.82) is 0 Å².